The van der Waals surface area contributed by atoms with Crippen LogP contribution in [0, 0.1) is 13.8 Å². The maximum absolute atomic E-state index is 3.45. The van der Waals surface area contributed by atoms with E-state index < -0.39 is 0 Å². The Hall–Kier alpha value is -2.74. The Balaban J connectivity index is 1.71. The maximum Gasteiger partial charge on any atom is 0.0389 e. The minimum atomic E-state index is 1.08. The van der Waals surface area contributed by atoms with Gasteiger partial charge in [-0.2, -0.15) is 0 Å². The molecule has 0 unspecified atom stereocenters. The van der Waals surface area contributed by atoms with E-state index in [0.29, 0.717) is 0 Å². The molecule has 0 aliphatic rings. The number of hydrogen-bond donors (Lipinski definition) is 2. The van der Waals surface area contributed by atoms with E-state index in [4.69, 9.17) is 0 Å². The summed E-state index contributed by atoms with van der Waals surface area (Å²) in [5, 5.41) is 6.83. The van der Waals surface area contributed by atoms with Crippen molar-refractivity contribution >= 4 is 22.7 Å². The van der Waals surface area contributed by atoms with Crippen LogP contribution in [0.25, 0.3) is 0 Å². The molecule has 3 aromatic rings. The van der Waals surface area contributed by atoms with Gasteiger partial charge < -0.3 is 10.6 Å². The van der Waals surface area contributed by atoms with Gasteiger partial charge in [0.2, 0.25) is 0 Å². The summed E-state index contributed by atoms with van der Waals surface area (Å²) in [6, 6.07) is 25.0. The van der Waals surface area contributed by atoms with Gasteiger partial charge in [-0.3, -0.25) is 0 Å². The lowest BCUT2D eigenvalue weighted by Gasteiger charge is -2.10. The summed E-state index contributed by atoms with van der Waals surface area (Å²) < 4.78 is 0. The monoisotopic (exact) mass is 288 g/mol. The van der Waals surface area contributed by atoms with Crippen molar-refractivity contribution in [2.75, 3.05) is 10.6 Å². The van der Waals surface area contributed by atoms with Crippen LogP contribution in [0.4, 0.5) is 22.7 Å². The van der Waals surface area contributed by atoms with Crippen LogP contribution < -0.4 is 10.6 Å². The van der Waals surface area contributed by atoms with Crippen LogP contribution in [-0.4, -0.2) is 0 Å². The van der Waals surface area contributed by atoms with Crippen LogP contribution in [0.2, 0.25) is 0 Å². The second-order valence-corrected chi connectivity index (χ2v) is 5.57. The van der Waals surface area contributed by atoms with E-state index in [1.165, 1.54) is 11.1 Å². The van der Waals surface area contributed by atoms with Crippen LogP contribution in [0.1, 0.15) is 11.1 Å². The van der Waals surface area contributed by atoms with Gasteiger partial charge in [0.1, 0.15) is 0 Å². The summed E-state index contributed by atoms with van der Waals surface area (Å²) >= 11 is 0. The Kier molecular flexibility index (Phi) is 4.10. The Bertz CT molecular complexity index is 726. The van der Waals surface area contributed by atoms with Crippen molar-refractivity contribution in [3.63, 3.8) is 0 Å². The quantitative estimate of drug-likeness (QED) is 0.635. The van der Waals surface area contributed by atoms with E-state index >= 15 is 0 Å². The SMILES string of the molecule is Cc1cc(C)cc(Nc2ccc(Nc3ccccc3)cc2)c1. The van der Waals surface area contributed by atoms with Crippen molar-refractivity contribution in [3.8, 4) is 0 Å². The highest BCUT2D eigenvalue weighted by Gasteiger charge is 1.98. The van der Waals surface area contributed by atoms with Crippen molar-refractivity contribution in [3.05, 3.63) is 83.9 Å². The zero-order valence-electron chi connectivity index (χ0n) is 12.9. The van der Waals surface area contributed by atoms with E-state index in [9.17, 15) is 0 Å². The highest BCUT2D eigenvalue weighted by molar-refractivity contribution is 5.66. The molecule has 0 radical (unpaired) electrons. The molecule has 0 aromatic heterocycles. The molecule has 3 rings (SSSR count). The lowest BCUT2D eigenvalue weighted by molar-refractivity contribution is 1.37. The fraction of sp³-hybridized carbons (Fsp3) is 0.100. The maximum atomic E-state index is 3.45. The normalized spacial score (nSPS) is 10.3. The van der Waals surface area contributed by atoms with E-state index in [1.54, 1.807) is 0 Å². The molecule has 0 amide bonds. The molecule has 0 bridgehead atoms. The van der Waals surface area contributed by atoms with Gasteiger partial charge in [0.25, 0.3) is 0 Å². The number of hydrogen-bond acceptors (Lipinski definition) is 2. The van der Waals surface area contributed by atoms with E-state index in [-0.39, 0.29) is 0 Å². The number of benzene rings is 3. The number of rotatable bonds is 4. The first-order valence-electron chi connectivity index (χ1n) is 7.46. The first-order chi connectivity index (χ1) is 10.7. The Labute approximate surface area is 131 Å². The Morgan fingerprint density at radius 1 is 0.500 bits per heavy atom. The van der Waals surface area contributed by atoms with Gasteiger partial charge >= 0.3 is 0 Å². The topological polar surface area (TPSA) is 24.1 Å². The Morgan fingerprint density at radius 2 is 0.955 bits per heavy atom. The van der Waals surface area contributed by atoms with Crippen molar-refractivity contribution in [1.82, 2.24) is 0 Å². The summed E-state index contributed by atoms with van der Waals surface area (Å²) in [4.78, 5) is 0. The summed E-state index contributed by atoms with van der Waals surface area (Å²) in [5.74, 6) is 0. The largest absolute Gasteiger partial charge is 0.356 e. The average molecular weight is 288 g/mol. The minimum absolute atomic E-state index is 1.08. The molecule has 0 aliphatic carbocycles. The second-order valence-electron chi connectivity index (χ2n) is 5.57. The molecule has 22 heavy (non-hydrogen) atoms. The van der Waals surface area contributed by atoms with Gasteiger partial charge in [0, 0.05) is 22.7 Å². The zero-order valence-corrected chi connectivity index (χ0v) is 12.9. The van der Waals surface area contributed by atoms with Crippen molar-refractivity contribution in [2.45, 2.75) is 13.8 Å². The van der Waals surface area contributed by atoms with Gasteiger partial charge in [-0.25, -0.2) is 0 Å². The number of anilines is 4. The van der Waals surface area contributed by atoms with Gasteiger partial charge in [-0.05, 0) is 73.5 Å². The third kappa shape index (κ3) is 3.67. The number of nitrogens with one attached hydrogen (secondary N) is 2. The lowest BCUT2D eigenvalue weighted by Crippen LogP contribution is -1.93. The fourth-order valence-corrected chi connectivity index (χ4v) is 2.54. The smallest absolute Gasteiger partial charge is 0.0389 e. The first kappa shape index (κ1) is 14.2. The molecule has 2 nitrogen and oxygen atoms in total. The number of aryl methyl sites for hydroxylation is 2. The average Bonchev–Trinajstić information content (AvgIpc) is 2.49. The molecule has 2 N–H and O–H groups in total. The summed E-state index contributed by atoms with van der Waals surface area (Å²) in [5.41, 5.74) is 6.93. The molecule has 0 saturated carbocycles. The van der Waals surface area contributed by atoms with Gasteiger partial charge in [0.05, 0.1) is 0 Å². The molecule has 0 aliphatic heterocycles. The van der Waals surface area contributed by atoms with Crippen LogP contribution >= 0.6 is 0 Å². The predicted octanol–water partition coefficient (Wildman–Crippen LogP) is 5.79. The highest BCUT2D eigenvalue weighted by atomic mass is 14.9. The highest BCUT2D eigenvalue weighted by Crippen LogP contribution is 2.22. The molecule has 0 saturated heterocycles. The third-order valence-corrected chi connectivity index (χ3v) is 3.46. The van der Waals surface area contributed by atoms with Crippen molar-refractivity contribution in [2.24, 2.45) is 0 Å². The van der Waals surface area contributed by atoms with Crippen molar-refractivity contribution in [1.29, 1.82) is 0 Å². The molecule has 0 spiro atoms. The lowest BCUT2D eigenvalue weighted by atomic mass is 10.1. The summed E-state index contributed by atoms with van der Waals surface area (Å²) in [6.45, 7) is 4.23. The van der Waals surface area contributed by atoms with Gasteiger partial charge in [-0.1, -0.05) is 24.3 Å². The predicted molar refractivity (Wildman–Crippen MR) is 95.4 cm³/mol. The summed E-state index contributed by atoms with van der Waals surface area (Å²) in [6.07, 6.45) is 0. The number of para-hydroxylation sites is 1. The Morgan fingerprint density at radius 3 is 1.50 bits per heavy atom. The molecular weight excluding hydrogens is 268 g/mol. The van der Waals surface area contributed by atoms with E-state index in [2.05, 4.69) is 79.1 Å². The van der Waals surface area contributed by atoms with E-state index in [0.717, 1.165) is 22.7 Å². The molecule has 2 heteroatoms. The molecule has 0 fully saturated rings. The zero-order chi connectivity index (χ0) is 15.4. The molecule has 0 atom stereocenters. The molecule has 3 aromatic carbocycles. The van der Waals surface area contributed by atoms with Gasteiger partial charge in [-0.15, -0.1) is 0 Å². The molecule has 110 valence electrons. The van der Waals surface area contributed by atoms with Crippen LogP contribution in [0.5, 0.6) is 0 Å². The van der Waals surface area contributed by atoms with Crippen LogP contribution in [-0.2, 0) is 0 Å². The second kappa shape index (κ2) is 6.35. The minimum Gasteiger partial charge on any atom is -0.356 e. The fourth-order valence-electron chi connectivity index (χ4n) is 2.54. The standard InChI is InChI=1S/C20H20N2/c1-15-12-16(2)14-20(13-15)22-19-10-8-18(9-11-19)21-17-6-4-3-5-7-17/h3-14,21-22H,1-2H3. The molecule has 0 heterocycles. The van der Waals surface area contributed by atoms with Crippen LogP contribution in [0.15, 0.2) is 72.8 Å². The van der Waals surface area contributed by atoms with Gasteiger partial charge in [0.15, 0.2) is 0 Å². The first-order valence-corrected chi connectivity index (χ1v) is 7.46. The summed E-state index contributed by atoms with van der Waals surface area (Å²) in [7, 11) is 0. The third-order valence-electron chi connectivity index (χ3n) is 3.46. The van der Waals surface area contributed by atoms with Crippen LogP contribution in [0.3, 0.4) is 0 Å². The van der Waals surface area contributed by atoms with Crippen molar-refractivity contribution < 1.29 is 0 Å². The molecular formula is C20H20N2. The van der Waals surface area contributed by atoms with E-state index in [1.807, 2.05) is 18.2 Å².